The van der Waals surface area contributed by atoms with Crippen molar-refractivity contribution in [2.45, 2.75) is 26.8 Å². The smallest absolute Gasteiger partial charge is 0.271 e. The largest absolute Gasteiger partial charge is 0.297 e. The zero-order valence-electron chi connectivity index (χ0n) is 9.84. The summed E-state index contributed by atoms with van der Waals surface area (Å²) in [5, 5.41) is 1.83. The summed E-state index contributed by atoms with van der Waals surface area (Å²) in [7, 11) is 0. The van der Waals surface area contributed by atoms with E-state index in [1.54, 1.807) is 0 Å². The third-order valence-electron chi connectivity index (χ3n) is 2.92. The molecule has 4 nitrogen and oxygen atoms in total. The minimum absolute atomic E-state index is 0.0130. The van der Waals surface area contributed by atoms with Crippen LogP contribution in [0.25, 0.3) is 10.2 Å². The highest BCUT2D eigenvalue weighted by atomic mass is 32.1. The molecule has 0 bridgehead atoms. The number of nitrogens with zero attached hydrogens (tertiary/aromatic N) is 2. The van der Waals surface area contributed by atoms with E-state index in [2.05, 4.69) is 4.98 Å². The molecule has 0 N–H and O–H groups in total. The van der Waals surface area contributed by atoms with E-state index < -0.39 is 0 Å². The van der Waals surface area contributed by atoms with Crippen LogP contribution in [0.5, 0.6) is 0 Å². The van der Waals surface area contributed by atoms with Crippen molar-refractivity contribution >= 4 is 27.3 Å². The summed E-state index contributed by atoms with van der Waals surface area (Å²) in [6.45, 7) is 3.96. The summed E-state index contributed by atoms with van der Waals surface area (Å²) in [6, 6.07) is 1.81. The molecule has 17 heavy (non-hydrogen) atoms. The standard InChI is InChI=1S/C12H14N2O2S/c1-3-8(2)10(15)6-14-7-13-9-4-5-17-11(9)12(14)16/h4-5,7-8H,3,6H2,1-2H3. The number of ketones is 1. The van der Waals surface area contributed by atoms with Crippen LogP contribution < -0.4 is 5.56 Å². The van der Waals surface area contributed by atoms with Gasteiger partial charge in [0.25, 0.3) is 5.56 Å². The van der Waals surface area contributed by atoms with Crippen molar-refractivity contribution in [1.29, 1.82) is 0 Å². The van der Waals surface area contributed by atoms with Crippen LogP contribution in [-0.2, 0) is 11.3 Å². The van der Waals surface area contributed by atoms with Crippen molar-refractivity contribution in [2.75, 3.05) is 0 Å². The Hall–Kier alpha value is -1.49. The van der Waals surface area contributed by atoms with E-state index in [1.165, 1.54) is 22.2 Å². The van der Waals surface area contributed by atoms with Crippen LogP contribution in [0, 0.1) is 5.92 Å². The molecule has 0 amide bonds. The van der Waals surface area contributed by atoms with Gasteiger partial charge in [-0.15, -0.1) is 11.3 Å². The maximum absolute atomic E-state index is 12.0. The molecule has 0 aliphatic heterocycles. The molecule has 0 radical (unpaired) electrons. The SMILES string of the molecule is CCC(C)C(=O)Cn1cnc2ccsc2c1=O. The van der Waals surface area contributed by atoms with Crippen molar-refractivity contribution in [3.63, 3.8) is 0 Å². The Morgan fingerprint density at radius 3 is 3.06 bits per heavy atom. The van der Waals surface area contributed by atoms with Crippen molar-refractivity contribution in [3.05, 3.63) is 28.1 Å². The minimum Gasteiger partial charge on any atom is -0.297 e. The van der Waals surface area contributed by atoms with Gasteiger partial charge in [0, 0.05) is 5.92 Å². The Morgan fingerprint density at radius 1 is 1.59 bits per heavy atom. The number of carbonyl (C=O) groups excluding carboxylic acids is 1. The van der Waals surface area contributed by atoms with Gasteiger partial charge in [-0.2, -0.15) is 0 Å². The molecule has 0 fully saturated rings. The first-order valence-corrected chi connectivity index (χ1v) is 6.46. The Bertz CT molecular complexity index is 600. The van der Waals surface area contributed by atoms with Crippen molar-refractivity contribution in [2.24, 2.45) is 5.92 Å². The van der Waals surface area contributed by atoms with Gasteiger partial charge in [0.05, 0.1) is 18.4 Å². The van der Waals surface area contributed by atoms with Crippen molar-refractivity contribution in [3.8, 4) is 0 Å². The van der Waals surface area contributed by atoms with Crippen molar-refractivity contribution < 1.29 is 4.79 Å². The van der Waals surface area contributed by atoms with Gasteiger partial charge >= 0.3 is 0 Å². The third kappa shape index (κ3) is 2.29. The second kappa shape index (κ2) is 4.79. The summed E-state index contributed by atoms with van der Waals surface area (Å²) in [5.41, 5.74) is 0.578. The highest BCUT2D eigenvalue weighted by molar-refractivity contribution is 7.17. The lowest BCUT2D eigenvalue weighted by molar-refractivity contribution is -0.123. The molecule has 0 saturated heterocycles. The molecule has 1 atom stereocenters. The number of Topliss-reactive ketones (excluding diaryl/α,β-unsaturated/α-hetero) is 1. The summed E-state index contributed by atoms with van der Waals surface area (Å²) in [4.78, 5) is 28.0. The molecule has 1 unspecified atom stereocenters. The van der Waals surface area contributed by atoms with Crippen LogP contribution in [0.15, 0.2) is 22.6 Å². The molecule has 0 saturated carbocycles. The van der Waals surface area contributed by atoms with Crippen LogP contribution in [0.4, 0.5) is 0 Å². The fourth-order valence-corrected chi connectivity index (χ4v) is 2.34. The average Bonchev–Trinajstić information content (AvgIpc) is 2.80. The van der Waals surface area contributed by atoms with Gasteiger partial charge in [0.2, 0.25) is 0 Å². The maximum Gasteiger partial charge on any atom is 0.271 e. The van der Waals surface area contributed by atoms with Crippen molar-refractivity contribution in [1.82, 2.24) is 9.55 Å². The zero-order valence-corrected chi connectivity index (χ0v) is 10.7. The van der Waals surface area contributed by atoms with E-state index in [0.29, 0.717) is 10.2 Å². The van der Waals surface area contributed by atoms with E-state index in [9.17, 15) is 9.59 Å². The number of aromatic nitrogens is 2. The Kier molecular flexibility index (Phi) is 3.38. The predicted octanol–water partition coefficient (Wildman–Crippen LogP) is 2.07. The molecule has 2 aromatic rings. The van der Waals surface area contributed by atoms with E-state index in [0.717, 1.165) is 6.42 Å². The number of rotatable bonds is 4. The van der Waals surface area contributed by atoms with Gasteiger partial charge in [-0.1, -0.05) is 13.8 Å². The lowest BCUT2D eigenvalue weighted by atomic mass is 10.0. The van der Waals surface area contributed by atoms with Gasteiger partial charge in [0.15, 0.2) is 5.78 Å². The third-order valence-corrected chi connectivity index (χ3v) is 3.82. The fourth-order valence-electron chi connectivity index (χ4n) is 1.54. The molecule has 0 spiro atoms. The quantitative estimate of drug-likeness (QED) is 0.834. The average molecular weight is 250 g/mol. The maximum atomic E-state index is 12.0. The highest BCUT2D eigenvalue weighted by Crippen LogP contribution is 2.13. The summed E-state index contributed by atoms with van der Waals surface area (Å²) < 4.78 is 2.01. The lowest BCUT2D eigenvalue weighted by Gasteiger charge is -2.08. The predicted molar refractivity (Wildman–Crippen MR) is 68.3 cm³/mol. The number of thiophene rings is 1. The molecule has 5 heteroatoms. The van der Waals surface area contributed by atoms with Crippen LogP contribution in [0.1, 0.15) is 20.3 Å². The van der Waals surface area contributed by atoms with Gasteiger partial charge in [-0.3, -0.25) is 14.2 Å². The molecule has 2 aromatic heterocycles. The first-order valence-electron chi connectivity index (χ1n) is 5.58. The number of carbonyl (C=O) groups is 1. The number of fused-ring (bicyclic) bond motifs is 1. The highest BCUT2D eigenvalue weighted by Gasteiger charge is 2.13. The first-order chi connectivity index (χ1) is 8.13. The van der Waals surface area contributed by atoms with Crippen LogP contribution in [-0.4, -0.2) is 15.3 Å². The van der Waals surface area contributed by atoms with Gasteiger partial charge in [-0.25, -0.2) is 4.98 Å². The second-order valence-corrected chi connectivity index (χ2v) is 5.00. The molecule has 2 rings (SSSR count). The van der Waals surface area contributed by atoms with Gasteiger partial charge in [0.1, 0.15) is 4.70 Å². The number of hydrogen-bond acceptors (Lipinski definition) is 4. The molecule has 90 valence electrons. The van der Waals surface area contributed by atoms with Crippen LogP contribution in [0.3, 0.4) is 0 Å². The van der Waals surface area contributed by atoms with E-state index in [-0.39, 0.29) is 23.8 Å². The van der Waals surface area contributed by atoms with E-state index in [1.807, 2.05) is 25.3 Å². The molecular weight excluding hydrogens is 236 g/mol. The molecular formula is C12H14N2O2S. The summed E-state index contributed by atoms with van der Waals surface area (Å²) in [5.74, 6) is 0.0632. The number of hydrogen-bond donors (Lipinski definition) is 0. The molecule has 2 heterocycles. The van der Waals surface area contributed by atoms with Crippen LogP contribution in [0.2, 0.25) is 0 Å². The van der Waals surface area contributed by atoms with E-state index in [4.69, 9.17) is 0 Å². The lowest BCUT2D eigenvalue weighted by Crippen LogP contribution is -2.26. The van der Waals surface area contributed by atoms with Gasteiger partial charge in [-0.05, 0) is 17.9 Å². The molecule has 0 aliphatic rings. The summed E-state index contributed by atoms with van der Waals surface area (Å²) >= 11 is 1.36. The zero-order chi connectivity index (χ0) is 12.4. The topological polar surface area (TPSA) is 52.0 Å². The fraction of sp³-hybridized carbons (Fsp3) is 0.417. The Labute approximate surface area is 103 Å². The van der Waals surface area contributed by atoms with Gasteiger partial charge < -0.3 is 0 Å². The van der Waals surface area contributed by atoms with E-state index >= 15 is 0 Å². The molecule has 0 aromatic carbocycles. The van der Waals surface area contributed by atoms with Crippen LogP contribution >= 0.6 is 11.3 Å². The normalized spacial score (nSPS) is 12.8. The monoisotopic (exact) mass is 250 g/mol. The Morgan fingerprint density at radius 2 is 2.35 bits per heavy atom. The summed E-state index contributed by atoms with van der Waals surface area (Å²) in [6.07, 6.45) is 2.25. The Balaban J connectivity index is 2.33. The molecule has 0 aliphatic carbocycles. The first kappa shape index (κ1) is 12.0. The minimum atomic E-state index is -0.123. The second-order valence-electron chi connectivity index (χ2n) is 4.09.